The van der Waals surface area contributed by atoms with Gasteiger partial charge in [0.1, 0.15) is 0 Å². The molecule has 0 N–H and O–H groups in total. The Kier molecular flexibility index (Phi) is 2.86. The van der Waals surface area contributed by atoms with Gasteiger partial charge in [0.15, 0.2) is 0 Å². The Hall–Kier alpha value is -2.81. The maximum atomic E-state index is 4.82. The van der Waals surface area contributed by atoms with Crippen molar-refractivity contribution in [2.45, 2.75) is 13.8 Å². The highest BCUT2D eigenvalue weighted by Gasteiger charge is 2.13. The normalized spacial score (nSPS) is 11.2. The smallest absolute Gasteiger partial charge is 0.0807 e. The average molecular weight is 285 g/mol. The number of fused-ring (bicyclic) bond motifs is 2. The van der Waals surface area contributed by atoms with Crippen LogP contribution in [-0.4, -0.2) is 15.0 Å². The Bertz CT molecular complexity index is 1010. The molecular weight excluding hydrogens is 270 g/mol. The molecule has 0 amide bonds. The van der Waals surface area contributed by atoms with Crippen LogP contribution in [0.3, 0.4) is 0 Å². The first-order valence-corrected chi connectivity index (χ1v) is 7.30. The SMILES string of the molecule is Cc1cc2ccccc2c(-c2c(C)ncc3cnccc23)n1. The molecule has 0 aliphatic rings. The van der Waals surface area contributed by atoms with E-state index in [0.717, 1.165) is 38.8 Å². The maximum absolute atomic E-state index is 4.82. The van der Waals surface area contributed by atoms with Crippen molar-refractivity contribution in [3.05, 3.63) is 66.4 Å². The summed E-state index contributed by atoms with van der Waals surface area (Å²) < 4.78 is 0. The van der Waals surface area contributed by atoms with Gasteiger partial charge in [-0.15, -0.1) is 0 Å². The molecule has 3 nitrogen and oxygen atoms in total. The summed E-state index contributed by atoms with van der Waals surface area (Å²) >= 11 is 0. The fourth-order valence-electron chi connectivity index (χ4n) is 2.98. The van der Waals surface area contributed by atoms with Crippen LogP contribution in [0.2, 0.25) is 0 Å². The highest BCUT2D eigenvalue weighted by atomic mass is 14.7. The van der Waals surface area contributed by atoms with E-state index in [1.807, 2.05) is 38.5 Å². The van der Waals surface area contributed by atoms with Crippen molar-refractivity contribution < 1.29 is 0 Å². The molecule has 0 aliphatic heterocycles. The predicted molar refractivity (Wildman–Crippen MR) is 89.7 cm³/mol. The van der Waals surface area contributed by atoms with E-state index in [2.05, 4.69) is 40.3 Å². The fraction of sp³-hybridized carbons (Fsp3) is 0.105. The lowest BCUT2D eigenvalue weighted by Crippen LogP contribution is -1.95. The Morgan fingerprint density at radius 1 is 0.864 bits per heavy atom. The summed E-state index contributed by atoms with van der Waals surface area (Å²) in [5.41, 5.74) is 4.10. The average Bonchev–Trinajstić information content (AvgIpc) is 2.54. The first-order chi connectivity index (χ1) is 10.7. The molecule has 0 atom stereocenters. The van der Waals surface area contributed by atoms with Gasteiger partial charge in [0, 0.05) is 46.3 Å². The second-order valence-electron chi connectivity index (χ2n) is 5.51. The van der Waals surface area contributed by atoms with Gasteiger partial charge in [-0.2, -0.15) is 0 Å². The molecule has 1 aromatic carbocycles. The van der Waals surface area contributed by atoms with Crippen LogP contribution < -0.4 is 0 Å². The van der Waals surface area contributed by atoms with Crippen molar-refractivity contribution in [3.8, 4) is 11.3 Å². The highest BCUT2D eigenvalue weighted by molar-refractivity contribution is 6.04. The van der Waals surface area contributed by atoms with Crippen LogP contribution in [0.4, 0.5) is 0 Å². The molecule has 4 rings (SSSR count). The molecule has 0 unspecified atom stereocenters. The summed E-state index contributed by atoms with van der Waals surface area (Å²) in [6.45, 7) is 4.07. The molecular formula is C19H15N3. The minimum Gasteiger partial charge on any atom is -0.264 e. The third-order valence-corrected chi connectivity index (χ3v) is 3.99. The molecule has 3 heteroatoms. The molecule has 0 saturated carbocycles. The minimum absolute atomic E-state index is 0.988. The second kappa shape index (κ2) is 4.88. The quantitative estimate of drug-likeness (QED) is 0.518. The van der Waals surface area contributed by atoms with Crippen molar-refractivity contribution in [3.63, 3.8) is 0 Å². The lowest BCUT2D eigenvalue weighted by molar-refractivity contribution is 1.18. The molecule has 22 heavy (non-hydrogen) atoms. The lowest BCUT2D eigenvalue weighted by atomic mass is 9.98. The van der Waals surface area contributed by atoms with Gasteiger partial charge in [0.25, 0.3) is 0 Å². The van der Waals surface area contributed by atoms with Gasteiger partial charge < -0.3 is 0 Å². The standard InChI is InChI=1S/C19H15N3/c1-12-9-14-5-3-4-6-17(14)19(22-12)18-13(2)21-11-15-10-20-8-7-16(15)18/h3-11H,1-2H3. The van der Waals surface area contributed by atoms with Crippen molar-refractivity contribution in [2.75, 3.05) is 0 Å². The van der Waals surface area contributed by atoms with E-state index in [1.165, 1.54) is 5.39 Å². The molecule has 0 aliphatic carbocycles. The lowest BCUT2D eigenvalue weighted by Gasteiger charge is -2.12. The van der Waals surface area contributed by atoms with Gasteiger partial charge in [0.2, 0.25) is 0 Å². The molecule has 0 fully saturated rings. The number of pyridine rings is 3. The van der Waals surface area contributed by atoms with Gasteiger partial charge in [-0.3, -0.25) is 15.0 Å². The van der Waals surface area contributed by atoms with Crippen molar-refractivity contribution in [1.29, 1.82) is 0 Å². The van der Waals surface area contributed by atoms with E-state index < -0.39 is 0 Å². The van der Waals surface area contributed by atoms with Gasteiger partial charge in [-0.05, 0) is 36.8 Å². The van der Waals surface area contributed by atoms with Crippen molar-refractivity contribution in [1.82, 2.24) is 15.0 Å². The van der Waals surface area contributed by atoms with E-state index in [9.17, 15) is 0 Å². The van der Waals surface area contributed by atoms with E-state index in [4.69, 9.17) is 4.98 Å². The zero-order valence-corrected chi connectivity index (χ0v) is 12.5. The van der Waals surface area contributed by atoms with Gasteiger partial charge >= 0.3 is 0 Å². The van der Waals surface area contributed by atoms with Crippen LogP contribution in [0.15, 0.2) is 55.0 Å². The largest absolute Gasteiger partial charge is 0.264 e. The molecule has 3 heterocycles. The molecule has 0 radical (unpaired) electrons. The highest BCUT2D eigenvalue weighted by Crippen LogP contribution is 2.34. The third kappa shape index (κ3) is 1.94. The van der Waals surface area contributed by atoms with Gasteiger partial charge in [-0.25, -0.2) is 0 Å². The van der Waals surface area contributed by atoms with Crippen LogP contribution in [-0.2, 0) is 0 Å². The summed E-state index contributed by atoms with van der Waals surface area (Å²) in [6.07, 6.45) is 5.55. The zero-order chi connectivity index (χ0) is 15.1. The van der Waals surface area contributed by atoms with E-state index in [-0.39, 0.29) is 0 Å². The van der Waals surface area contributed by atoms with E-state index in [0.29, 0.717) is 0 Å². The van der Waals surface area contributed by atoms with Crippen LogP contribution in [0.5, 0.6) is 0 Å². The predicted octanol–water partition coefficient (Wildman–Crippen LogP) is 4.46. The second-order valence-corrected chi connectivity index (χ2v) is 5.51. The summed E-state index contributed by atoms with van der Waals surface area (Å²) in [5.74, 6) is 0. The fourth-order valence-corrected chi connectivity index (χ4v) is 2.98. The number of aromatic nitrogens is 3. The Morgan fingerprint density at radius 3 is 2.64 bits per heavy atom. The summed E-state index contributed by atoms with van der Waals surface area (Å²) in [7, 11) is 0. The summed E-state index contributed by atoms with van der Waals surface area (Å²) in [4.78, 5) is 13.6. The molecule has 3 aromatic heterocycles. The Morgan fingerprint density at radius 2 is 1.73 bits per heavy atom. The Balaban J connectivity index is 2.18. The molecule has 0 saturated heterocycles. The molecule has 0 spiro atoms. The maximum Gasteiger partial charge on any atom is 0.0807 e. The van der Waals surface area contributed by atoms with E-state index >= 15 is 0 Å². The monoisotopic (exact) mass is 285 g/mol. The number of nitrogens with zero attached hydrogens (tertiary/aromatic N) is 3. The third-order valence-electron chi connectivity index (χ3n) is 3.99. The topological polar surface area (TPSA) is 38.7 Å². The molecule has 4 aromatic rings. The number of aryl methyl sites for hydroxylation is 2. The van der Waals surface area contributed by atoms with E-state index in [1.54, 1.807) is 0 Å². The summed E-state index contributed by atoms with van der Waals surface area (Å²) in [5, 5.41) is 4.54. The molecule has 0 bridgehead atoms. The van der Waals surface area contributed by atoms with Gasteiger partial charge in [-0.1, -0.05) is 24.3 Å². The molecule has 106 valence electrons. The van der Waals surface area contributed by atoms with Crippen LogP contribution in [0.1, 0.15) is 11.4 Å². The number of rotatable bonds is 1. The Labute approximate surface area is 128 Å². The number of hydrogen-bond acceptors (Lipinski definition) is 3. The number of hydrogen-bond donors (Lipinski definition) is 0. The summed E-state index contributed by atoms with van der Waals surface area (Å²) in [6, 6.07) is 12.5. The first kappa shape index (κ1) is 12.9. The van der Waals surface area contributed by atoms with Gasteiger partial charge in [0.05, 0.1) is 5.69 Å². The van der Waals surface area contributed by atoms with Crippen molar-refractivity contribution >= 4 is 21.5 Å². The van der Waals surface area contributed by atoms with Crippen molar-refractivity contribution in [2.24, 2.45) is 0 Å². The van der Waals surface area contributed by atoms with Crippen LogP contribution >= 0.6 is 0 Å². The number of benzene rings is 1. The van der Waals surface area contributed by atoms with Crippen LogP contribution in [0, 0.1) is 13.8 Å². The van der Waals surface area contributed by atoms with Crippen LogP contribution in [0.25, 0.3) is 32.8 Å². The minimum atomic E-state index is 0.988. The first-order valence-electron chi connectivity index (χ1n) is 7.30. The zero-order valence-electron chi connectivity index (χ0n) is 12.5.